The fraction of sp³-hybridized carbons (Fsp3) is 0.438. The number of nitrogens with zero attached hydrogens (tertiary/aromatic N) is 2. The second-order valence-electron chi connectivity index (χ2n) is 5.33. The number of rotatable bonds is 4. The number of hydrogen-bond acceptors (Lipinski definition) is 3. The average molecular weight is 351 g/mol. The maximum absolute atomic E-state index is 10.9. The van der Waals surface area contributed by atoms with Crippen LogP contribution in [0.4, 0.5) is 0 Å². The number of aliphatic hydroxyl groups excluding tert-OH is 1. The summed E-state index contributed by atoms with van der Waals surface area (Å²) in [6.45, 7) is 3.55. The number of fused-ring (bicyclic) bond motifs is 1. The van der Waals surface area contributed by atoms with Crippen LogP contribution in [-0.4, -0.2) is 21.5 Å². The lowest BCUT2D eigenvalue weighted by molar-refractivity contribution is 0.108. The summed E-state index contributed by atoms with van der Waals surface area (Å²) in [6.07, 6.45) is 2.97. The van der Waals surface area contributed by atoms with Crippen LogP contribution in [0.1, 0.15) is 43.0 Å². The van der Waals surface area contributed by atoms with Crippen LogP contribution in [0.5, 0.6) is 5.75 Å². The first kappa shape index (κ1) is 14.6. The van der Waals surface area contributed by atoms with Crippen molar-refractivity contribution in [3.63, 3.8) is 0 Å². The van der Waals surface area contributed by atoms with Crippen LogP contribution in [0.3, 0.4) is 0 Å². The molecule has 2 heterocycles. The highest BCUT2D eigenvalue weighted by molar-refractivity contribution is 9.10. The van der Waals surface area contributed by atoms with E-state index in [0.29, 0.717) is 6.61 Å². The van der Waals surface area contributed by atoms with Crippen LogP contribution in [0, 0.1) is 0 Å². The van der Waals surface area contributed by atoms with Crippen LogP contribution < -0.4 is 4.74 Å². The van der Waals surface area contributed by atoms with Crippen molar-refractivity contribution in [1.82, 2.24) is 9.78 Å². The van der Waals surface area contributed by atoms with Crippen molar-refractivity contribution in [2.24, 2.45) is 0 Å². The van der Waals surface area contributed by atoms with Crippen molar-refractivity contribution in [3.8, 4) is 5.75 Å². The molecule has 0 saturated carbocycles. The third-order valence-corrected chi connectivity index (χ3v) is 4.55. The van der Waals surface area contributed by atoms with E-state index < -0.39 is 6.10 Å². The summed E-state index contributed by atoms with van der Waals surface area (Å²) in [7, 11) is 0. The minimum Gasteiger partial charge on any atom is -0.493 e. The SMILES string of the molecule is CCCn1ncc(Br)c1C(O)C1CCOc2ccccc21. The molecule has 112 valence electrons. The quantitative estimate of drug-likeness (QED) is 0.915. The number of ether oxygens (including phenoxy) is 1. The molecule has 5 heteroatoms. The van der Waals surface area contributed by atoms with E-state index in [4.69, 9.17) is 4.74 Å². The van der Waals surface area contributed by atoms with E-state index in [-0.39, 0.29) is 5.92 Å². The summed E-state index contributed by atoms with van der Waals surface area (Å²) in [5.74, 6) is 0.920. The van der Waals surface area contributed by atoms with E-state index in [9.17, 15) is 5.11 Å². The number of aryl methyl sites for hydroxylation is 1. The Morgan fingerprint density at radius 2 is 2.29 bits per heavy atom. The van der Waals surface area contributed by atoms with Gasteiger partial charge in [0, 0.05) is 18.0 Å². The van der Waals surface area contributed by atoms with Gasteiger partial charge in [-0.25, -0.2) is 0 Å². The highest BCUT2D eigenvalue weighted by Crippen LogP contribution is 2.42. The molecule has 0 saturated heterocycles. The second kappa shape index (κ2) is 6.20. The Morgan fingerprint density at radius 1 is 1.48 bits per heavy atom. The van der Waals surface area contributed by atoms with Gasteiger partial charge in [0.05, 0.1) is 23.0 Å². The fourth-order valence-electron chi connectivity index (χ4n) is 2.94. The van der Waals surface area contributed by atoms with Crippen molar-refractivity contribution < 1.29 is 9.84 Å². The largest absolute Gasteiger partial charge is 0.493 e. The van der Waals surface area contributed by atoms with Crippen molar-refractivity contribution in [2.75, 3.05) is 6.61 Å². The van der Waals surface area contributed by atoms with Gasteiger partial charge in [-0.2, -0.15) is 5.10 Å². The molecule has 2 atom stereocenters. The Labute approximate surface area is 132 Å². The summed E-state index contributed by atoms with van der Waals surface area (Å²) in [4.78, 5) is 0. The van der Waals surface area contributed by atoms with Gasteiger partial charge >= 0.3 is 0 Å². The Kier molecular flexibility index (Phi) is 4.31. The van der Waals surface area contributed by atoms with Crippen LogP contribution in [-0.2, 0) is 6.54 Å². The molecule has 1 aliphatic rings. The van der Waals surface area contributed by atoms with Crippen molar-refractivity contribution in [1.29, 1.82) is 0 Å². The molecule has 1 aliphatic heterocycles. The molecule has 0 aliphatic carbocycles. The number of aromatic nitrogens is 2. The van der Waals surface area contributed by atoms with Crippen molar-refractivity contribution in [2.45, 2.75) is 38.3 Å². The normalized spacial score (nSPS) is 18.9. The summed E-state index contributed by atoms with van der Waals surface area (Å²) in [6, 6.07) is 7.96. The van der Waals surface area contributed by atoms with E-state index in [1.54, 1.807) is 6.20 Å². The predicted octanol–water partition coefficient (Wildman–Crippen LogP) is 3.66. The Morgan fingerprint density at radius 3 is 3.10 bits per heavy atom. The summed E-state index contributed by atoms with van der Waals surface area (Å²) in [5, 5.41) is 15.3. The number of benzene rings is 1. The minimum atomic E-state index is -0.585. The molecule has 1 aromatic carbocycles. The van der Waals surface area contributed by atoms with E-state index in [2.05, 4.69) is 28.0 Å². The van der Waals surface area contributed by atoms with Gasteiger partial charge in [-0.15, -0.1) is 0 Å². The first-order chi connectivity index (χ1) is 10.2. The van der Waals surface area contributed by atoms with Crippen LogP contribution in [0.25, 0.3) is 0 Å². The standard InChI is InChI=1S/C16H19BrN2O2/c1-2-8-19-15(13(17)10-18-19)16(20)12-7-9-21-14-6-4-3-5-11(12)14/h3-6,10,12,16,20H,2,7-9H2,1H3. The minimum absolute atomic E-state index is 0.0403. The molecule has 4 nitrogen and oxygen atoms in total. The number of para-hydroxylation sites is 1. The van der Waals surface area contributed by atoms with Crippen molar-refractivity contribution >= 4 is 15.9 Å². The van der Waals surface area contributed by atoms with Gasteiger partial charge < -0.3 is 9.84 Å². The Bertz CT molecular complexity index is 626. The van der Waals surface area contributed by atoms with Crippen LogP contribution >= 0.6 is 15.9 Å². The first-order valence-electron chi connectivity index (χ1n) is 7.33. The molecule has 0 radical (unpaired) electrons. The highest BCUT2D eigenvalue weighted by atomic mass is 79.9. The molecule has 3 rings (SSSR count). The van der Waals surface area contributed by atoms with Gasteiger partial charge in [-0.1, -0.05) is 25.1 Å². The van der Waals surface area contributed by atoms with Gasteiger partial charge in [0.25, 0.3) is 0 Å². The van der Waals surface area contributed by atoms with Gasteiger partial charge in [0.2, 0.25) is 0 Å². The van der Waals surface area contributed by atoms with Gasteiger partial charge in [-0.3, -0.25) is 4.68 Å². The number of hydrogen-bond donors (Lipinski definition) is 1. The van der Waals surface area contributed by atoms with Crippen LogP contribution in [0.2, 0.25) is 0 Å². The number of aliphatic hydroxyl groups is 1. The third kappa shape index (κ3) is 2.72. The lowest BCUT2D eigenvalue weighted by atomic mass is 9.87. The summed E-state index contributed by atoms with van der Waals surface area (Å²) >= 11 is 3.52. The van der Waals surface area contributed by atoms with E-state index >= 15 is 0 Å². The average Bonchev–Trinajstić information content (AvgIpc) is 2.87. The second-order valence-corrected chi connectivity index (χ2v) is 6.18. The van der Waals surface area contributed by atoms with Gasteiger partial charge in [0.1, 0.15) is 11.9 Å². The zero-order valence-electron chi connectivity index (χ0n) is 12.0. The zero-order valence-corrected chi connectivity index (χ0v) is 13.6. The predicted molar refractivity (Wildman–Crippen MR) is 84.5 cm³/mol. The van der Waals surface area contributed by atoms with E-state index in [1.807, 2.05) is 28.9 Å². The lowest BCUT2D eigenvalue weighted by Crippen LogP contribution is -2.22. The fourth-order valence-corrected chi connectivity index (χ4v) is 3.47. The summed E-state index contributed by atoms with van der Waals surface area (Å²) in [5.41, 5.74) is 1.94. The van der Waals surface area contributed by atoms with Gasteiger partial charge in [0.15, 0.2) is 0 Å². The van der Waals surface area contributed by atoms with E-state index in [1.165, 1.54) is 0 Å². The van der Waals surface area contributed by atoms with Gasteiger partial charge in [-0.05, 0) is 34.8 Å². The Balaban J connectivity index is 1.96. The molecular formula is C16H19BrN2O2. The molecule has 2 unspecified atom stereocenters. The maximum Gasteiger partial charge on any atom is 0.122 e. The molecule has 0 spiro atoms. The molecular weight excluding hydrogens is 332 g/mol. The number of halogens is 1. The molecule has 1 N–H and O–H groups in total. The Hall–Kier alpha value is -1.33. The zero-order chi connectivity index (χ0) is 14.8. The molecule has 21 heavy (non-hydrogen) atoms. The molecule has 2 aromatic rings. The molecule has 0 fully saturated rings. The lowest BCUT2D eigenvalue weighted by Gasteiger charge is -2.30. The summed E-state index contributed by atoms with van der Waals surface area (Å²) < 4.78 is 8.45. The highest BCUT2D eigenvalue weighted by Gasteiger charge is 2.31. The molecule has 0 bridgehead atoms. The maximum atomic E-state index is 10.9. The third-order valence-electron chi connectivity index (χ3n) is 3.93. The first-order valence-corrected chi connectivity index (χ1v) is 8.12. The molecule has 1 aromatic heterocycles. The molecule has 0 amide bonds. The van der Waals surface area contributed by atoms with Crippen LogP contribution in [0.15, 0.2) is 34.9 Å². The van der Waals surface area contributed by atoms with Crippen molar-refractivity contribution in [3.05, 3.63) is 46.2 Å². The topological polar surface area (TPSA) is 47.3 Å². The monoisotopic (exact) mass is 350 g/mol. The van der Waals surface area contributed by atoms with E-state index in [0.717, 1.165) is 40.9 Å². The smallest absolute Gasteiger partial charge is 0.122 e.